The molecule has 3 atom stereocenters. The standard InChI is InChI=1S/C14H21NOS/c1-11-4-2-6-14(8-11)10-16-12(9-15-14)13-5-3-7-17-13/h3,5,7,11-12,15H,2,4,6,8-10H2,1H3. The van der Waals surface area contributed by atoms with Crippen molar-refractivity contribution in [2.45, 2.75) is 44.2 Å². The average Bonchev–Trinajstić information content (AvgIpc) is 2.83. The molecule has 17 heavy (non-hydrogen) atoms. The first kappa shape index (κ1) is 11.7. The number of rotatable bonds is 1. The van der Waals surface area contributed by atoms with Crippen molar-refractivity contribution in [3.63, 3.8) is 0 Å². The van der Waals surface area contributed by atoms with Gasteiger partial charge in [-0.05, 0) is 30.2 Å². The molecule has 2 aliphatic rings. The Hall–Kier alpha value is -0.380. The van der Waals surface area contributed by atoms with Gasteiger partial charge in [0.2, 0.25) is 0 Å². The van der Waals surface area contributed by atoms with Crippen LogP contribution in [0.5, 0.6) is 0 Å². The van der Waals surface area contributed by atoms with Crippen molar-refractivity contribution in [3.8, 4) is 0 Å². The fourth-order valence-electron chi connectivity index (χ4n) is 3.29. The minimum Gasteiger partial charge on any atom is -0.369 e. The summed E-state index contributed by atoms with van der Waals surface area (Å²) < 4.78 is 6.11. The molecule has 3 heteroatoms. The monoisotopic (exact) mass is 251 g/mol. The van der Waals surface area contributed by atoms with Crippen LogP contribution < -0.4 is 5.32 Å². The molecule has 0 radical (unpaired) electrons. The van der Waals surface area contributed by atoms with E-state index >= 15 is 0 Å². The third-order valence-corrected chi connectivity index (χ3v) is 5.14. The van der Waals surface area contributed by atoms with E-state index in [1.165, 1.54) is 30.6 Å². The van der Waals surface area contributed by atoms with Gasteiger partial charge in [-0.3, -0.25) is 0 Å². The summed E-state index contributed by atoms with van der Waals surface area (Å²) in [6, 6.07) is 4.29. The van der Waals surface area contributed by atoms with Crippen molar-refractivity contribution in [1.82, 2.24) is 5.32 Å². The second-order valence-electron chi connectivity index (χ2n) is 5.68. The Morgan fingerprint density at radius 2 is 2.47 bits per heavy atom. The van der Waals surface area contributed by atoms with Crippen LogP contribution in [0.3, 0.4) is 0 Å². The van der Waals surface area contributed by atoms with E-state index in [1.54, 1.807) is 11.3 Å². The quantitative estimate of drug-likeness (QED) is 0.826. The molecule has 2 nitrogen and oxygen atoms in total. The van der Waals surface area contributed by atoms with Gasteiger partial charge in [-0.15, -0.1) is 11.3 Å². The third kappa shape index (κ3) is 2.42. The number of morpholine rings is 1. The molecule has 0 bridgehead atoms. The summed E-state index contributed by atoms with van der Waals surface area (Å²) in [5.74, 6) is 0.845. The zero-order valence-corrected chi connectivity index (χ0v) is 11.3. The van der Waals surface area contributed by atoms with E-state index in [2.05, 4.69) is 29.8 Å². The van der Waals surface area contributed by atoms with Gasteiger partial charge < -0.3 is 10.1 Å². The first-order valence-corrected chi connectivity index (χ1v) is 7.55. The van der Waals surface area contributed by atoms with Crippen molar-refractivity contribution in [2.24, 2.45) is 5.92 Å². The maximum atomic E-state index is 6.11. The molecule has 1 aromatic heterocycles. The molecular weight excluding hydrogens is 230 g/mol. The number of nitrogens with one attached hydrogen (secondary N) is 1. The maximum Gasteiger partial charge on any atom is 0.104 e. The summed E-state index contributed by atoms with van der Waals surface area (Å²) in [5, 5.41) is 5.92. The summed E-state index contributed by atoms with van der Waals surface area (Å²) in [7, 11) is 0. The van der Waals surface area contributed by atoms with Gasteiger partial charge in [0, 0.05) is 17.0 Å². The number of hydrogen-bond acceptors (Lipinski definition) is 3. The smallest absolute Gasteiger partial charge is 0.104 e. The Bertz CT molecular complexity index is 354. The van der Waals surface area contributed by atoms with E-state index in [0.29, 0.717) is 0 Å². The minimum absolute atomic E-state index is 0.276. The van der Waals surface area contributed by atoms with E-state index in [9.17, 15) is 0 Å². The molecule has 0 amide bonds. The Morgan fingerprint density at radius 3 is 3.12 bits per heavy atom. The van der Waals surface area contributed by atoms with Crippen LogP contribution in [0.4, 0.5) is 0 Å². The van der Waals surface area contributed by atoms with Crippen molar-refractivity contribution in [2.75, 3.05) is 13.2 Å². The van der Waals surface area contributed by atoms with Gasteiger partial charge in [0.1, 0.15) is 6.10 Å². The number of ether oxygens (including phenoxy) is 1. The van der Waals surface area contributed by atoms with E-state index < -0.39 is 0 Å². The first-order chi connectivity index (χ1) is 8.27. The first-order valence-electron chi connectivity index (χ1n) is 6.67. The number of thiophene rings is 1. The lowest BCUT2D eigenvalue weighted by Gasteiger charge is -2.45. The fraction of sp³-hybridized carbons (Fsp3) is 0.714. The normalized spacial score (nSPS) is 38.4. The molecule has 3 unspecified atom stereocenters. The minimum atomic E-state index is 0.276. The van der Waals surface area contributed by atoms with Gasteiger partial charge in [-0.1, -0.05) is 25.8 Å². The summed E-state index contributed by atoms with van der Waals surface area (Å²) in [6.45, 7) is 4.24. The lowest BCUT2D eigenvalue weighted by atomic mass is 9.76. The lowest BCUT2D eigenvalue weighted by molar-refractivity contribution is -0.0512. The van der Waals surface area contributed by atoms with Crippen LogP contribution in [0.15, 0.2) is 17.5 Å². The predicted octanol–water partition coefficient (Wildman–Crippen LogP) is 3.36. The van der Waals surface area contributed by atoms with Gasteiger partial charge in [0.15, 0.2) is 0 Å². The van der Waals surface area contributed by atoms with Crippen molar-refractivity contribution in [1.29, 1.82) is 0 Å². The lowest BCUT2D eigenvalue weighted by Crippen LogP contribution is -2.56. The highest BCUT2D eigenvalue weighted by Gasteiger charge is 2.39. The summed E-state index contributed by atoms with van der Waals surface area (Å²) in [4.78, 5) is 1.36. The molecular formula is C14H21NOS. The zero-order valence-electron chi connectivity index (χ0n) is 10.4. The third-order valence-electron chi connectivity index (χ3n) is 4.18. The van der Waals surface area contributed by atoms with Crippen LogP contribution in [0.1, 0.15) is 43.6 Å². The molecule has 1 saturated heterocycles. The largest absolute Gasteiger partial charge is 0.369 e. The second-order valence-corrected chi connectivity index (χ2v) is 6.66. The summed E-state index contributed by atoms with van der Waals surface area (Å²) in [6.07, 6.45) is 5.58. The van der Waals surface area contributed by atoms with Crippen LogP contribution >= 0.6 is 11.3 Å². The molecule has 1 saturated carbocycles. The van der Waals surface area contributed by atoms with Gasteiger partial charge in [-0.2, -0.15) is 0 Å². The molecule has 1 aromatic rings. The maximum absolute atomic E-state index is 6.11. The van der Waals surface area contributed by atoms with E-state index in [1.807, 2.05) is 0 Å². The van der Waals surface area contributed by atoms with E-state index in [0.717, 1.165) is 19.1 Å². The second kappa shape index (κ2) is 4.71. The van der Waals surface area contributed by atoms with E-state index in [4.69, 9.17) is 4.74 Å². The van der Waals surface area contributed by atoms with Crippen molar-refractivity contribution >= 4 is 11.3 Å². The summed E-state index contributed by atoms with van der Waals surface area (Å²) >= 11 is 1.80. The highest BCUT2D eigenvalue weighted by molar-refractivity contribution is 7.10. The van der Waals surface area contributed by atoms with Crippen LogP contribution in [-0.2, 0) is 4.74 Å². The molecule has 1 N–H and O–H groups in total. The van der Waals surface area contributed by atoms with Crippen LogP contribution in [0.2, 0.25) is 0 Å². The Balaban J connectivity index is 1.63. The molecule has 94 valence electrons. The molecule has 1 aliphatic carbocycles. The van der Waals surface area contributed by atoms with E-state index in [-0.39, 0.29) is 11.6 Å². The summed E-state index contributed by atoms with van der Waals surface area (Å²) in [5.41, 5.74) is 0.283. The van der Waals surface area contributed by atoms with Gasteiger partial charge in [0.25, 0.3) is 0 Å². The molecule has 0 aromatic carbocycles. The van der Waals surface area contributed by atoms with Gasteiger partial charge in [0.05, 0.1) is 6.61 Å². The van der Waals surface area contributed by atoms with Crippen LogP contribution in [-0.4, -0.2) is 18.7 Å². The molecule has 3 rings (SSSR count). The Kier molecular flexibility index (Phi) is 3.24. The van der Waals surface area contributed by atoms with Crippen molar-refractivity contribution < 1.29 is 4.74 Å². The molecule has 2 heterocycles. The SMILES string of the molecule is CC1CCCC2(COC(c3cccs3)CN2)C1. The van der Waals surface area contributed by atoms with Crippen molar-refractivity contribution in [3.05, 3.63) is 22.4 Å². The molecule has 1 aliphatic heterocycles. The predicted molar refractivity (Wildman–Crippen MR) is 71.4 cm³/mol. The number of hydrogen-bond donors (Lipinski definition) is 1. The van der Waals surface area contributed by atoms with Gasteiger partial charge >= 0.3 is 0 Å². The zero-order chi connectivity index (χ0) is 11.7. The van der Waals surface area contributed by atoms with Gasteiger partial charge in [-0.25, -0.2) is 0 Å². The fourth-order valence-corrected chi connectivity index (χ4v) is 4.06. The highest BCUT2D eigenvalue weighted by atomic mass is 32.1. The average molecular weight is 251 g/mol. The Labute approximate surface area is 107 Å². The highest BCUT2D eigenvalue weighted by Crippen LogP contribution is 2.37. The van der Waals surface area contributed by atoms with Crippen LogP contribution in [0.25, 0.3) is 0 Å². The topological polar surface area (TPSA) is 21.3 Å². The molecule has 2 fully saturated rings. The molecule has 1 spiro atoms. The Morgan fingerprint density at radius 1 is 1.53 bits per heavy atom. The van der Waals surface area contributed by atoms with Crippen LogP contribution in [0, 0.1) is 5.92 Å².